The highest BCUT2D eigenvalue weighted by molar-refractivity contribution is 5.75. The zero-order valence-electron chi connectivity index (χ0n) is 17.1. The summed E-state index contributed by atoms with van der Waals surface area (Å²) in [5.74, 6) is 1.72. The number of rotatable bonds is 10. The van der Waals surface area contributed by atoms with Gasteiger partial charge >= 0.3 is 0 Å². The highest BCUT2D eigenvalue weighted by Crippen LogP contribution is 2.33. The molecule has 3 heterocycles. The number of nitrogens with one attached hydrogen (secondary N) is 3. The van der Waals surface area contributed by atoms with Crippen molar-refractivity contribution < 1.29 is 5.11 Å². The van der Waals surface area contributed by atoms with Gasteiger partial charge in [-0.1, -0.05) is 0 Å². The van der Waals surface area contributed by atoms with E-state index < -0.39 is 0 Å². The van der Waals surface area contributed by atoms with Crippen LogP contribution in [0.4, 0.5) is 29.1 Å². The summed E-state index contributed by atoms with van der Waals surface area (Å²) in [6.45, 7) is 0.697. The topological polar surface area (TPSA) is 174 Å². The zero-order chi connectivity index (χ0) is 22.1. The second kappa shape index (κ2) is 10.6. The van der Waals surface area contributed by atoms with Crippen molar-refractivity contribution in [1.82, 2.24) is 29.7 Å². The molecule has 160 valence electrons. The zero-order valence-corrected chi connectivity index (χ0v) is 17.1. The van der Waals surface area contributed by atoms with Crippen LogP contribution in [0.5, 0.6) is 0 Å². The number of aliphatic hydroxyl groups is 1. The molecule has 0 bridgehead atoms. The van der Waals surface area contributed by atoms with E-state index >= 15 is 0 Å². The summed E-state index contributed by atoms with van der Waals surface area (Å²) in [4.78, 5) is 17.0. The Kier molecular flexibility index (Phi) is 7.33. The molecule has 31 heavy (non-hydrogen) atoms. The summed E-state index contributed by atoms with van der Waals surface area (Å²) >= 11 is 0. The third kappa shape index (κ3) is 5.25. The molecule has 4 N–H and O–H groups in total. The first-order valence-corrected chi connectivity index (χ1v) is 9.51. The van der Waals surface area contributed by atoms with Crippen LogP contribution in [0.1, 0.15) is 18.4 Å². The minimum atomic E-state index is 0.112. The number of hydrogen-bond donors (Lipinski definition) is 4. The Morgan fingerprint density at radius 3 is 2.55 bits per heavy atom. The van der Waals surface area contributed by atoms with Crippen molar-refractivity contribution >= 4 is 29.1 Å². The first-order valence-electron chi connectivity index (χ1n) is 9.51. The minimum absolute atomic E-state index is 0.112. The van der Waals surface area contributed by atoms with Crippen molar-refractivity contribution in [3.8, 4) is 12.0 Å². The van der Waals surface area contributed by atoms with E-state index in [2.05, 4.69) is 51.2 Å². The Balaban J connectivity index is 1.95. The molecule has 0 unspecified atom stereocenters. The van der Waals surface area contributed by atoms with Crippen LogP contribution < -0.4 is 16.0 Å². The van der Waals surface area contributed by atoms with Crippen molar-refractivity contribution in [3.63, 3.8) is 0 Å². The molecule has 0 radical (unpaired) electrons. The monoisotopic (exact) mass is 422 g/mol. The maximum absolute atomic E-state index is 9.44. The molecule has 0 aliphatic carbocycles. The first kappa shape index (κ1) is 21.5. The smallest absolute Gasteiger partial charge is 0.250 e. The lowest BCUT2D eigenvalue weighted by Gasteiger charge is -2.12. The average Bonchev–Trinajstić information content (AvgIpc) is 3.24. The Morgan fingerprint density at radius 2 is 1.87 bits per heavy atom. The predicted molar refractivity (Wildman–Crippen MR) is 114 cm³/mol. The summed E-state index contributed by atoms with van der Waals surface area (Å²) < 4.78 is 1.36. The lowest BCUT2D eigenvalue weighted by molar-refractivity contribution is 0.286. The van der Waals surface area contributed by atoms with Crippen molar-refractivity contribution in [2.45, 2.75) is 12.8 Å². The van der Waals surface area contributed by atoms with Crippen LogP contribution in [-0.4, -0.2) is 62.1 Å². The maximum atomic E-state index is 9.44. The van der Waals surface area contributed by atoms with Gasteiger partial charge in [-0.3, -0.25) is 0 Å². The molecule has 13 heteroatoms. The summed E-state index contributed by atoms with van der Waals surface area (Å²) in [6, 6.07) is 3.73. The van der Waals surface area contributed by atoms with Crippen LogP contribution in [-0.2, 0) is 0 Å². The van der Waals surface area contributed by atoms with E-state index in [1.54, 1.807) is 32.6 Å². The predicted octanol–water partition coefficient (Wildman–Crippen LogP) is 2.01. The molecule has 0 fully saturated rings. The molecule has 0 amide bonds. The quantitative estimate of drug-likeness (QED) is 0.279. The molecule has 3 aromatic heterocycles. The van der Waals surface area contributed by atoms with Crippen molar-refractivity contribution in [1.29, 1.82) is 5.26 Å². The third-order valence-electron chi connectivity index (χ3n) is 4.04. The third-order valence-corrected chi connectivity index (χ3v) is 4.04. The molecule has 0 aliphatic heterocycles. The van der Waals surface area contributed by atoms with E-state index in [4.69, 9.17) is 5.11 Å². The van der Waals surface area contributed by atoms with Crippen LogP contribution >= 0.6 is 0 Å². The number of azo groups is 1. The number of hydrogen-bond acceptors (Lipinski definition) is 12. The van der Waals surface area contributed by atoms with E-state index in [1.807, 2.05) is 6.07 Å². The van der Waals surface area contributed by atoms with Gasteiger partial charge in [-0.25, -0.2) is 14.6 Å². The fraction of sp³-hybridized carbons (Fsp3) is 0.333. The Morgan fingerprint density at radius 1 is 1.10 bits per heavy atom. The molecule has 0 atom stereocenters. The number of aliphatic hydroxyl groups excluding tert-OH is 1. The fourth-order valence-electron chi connectivity index (χ4n) is 2.53. The van der Waals surface area contributed by atoms with Gasteiger partial charge in [0.1, 0.15) is 11.6 Å². The molecular weight excluding hydrogens is 400 g/mol. The van der Waals surface area contributed by atoms with Crippen LogP contribution in [0.15, 0.2) is 34.9 Å². The standard InChI is InChI=1S/C18H22N12O/c1-20-15-13(16(22-6-3-4-9-31)26-17(21-2)25-15)27-28-14-12(10-19)11-30(29-14)18-23-7-5-8-24-18/h5,7-8,11,31H,3-4,6,9H2,1-2H3,(H3,20,21,22,25,26). The van der Waals surface area contributed by atoms with E-state index in [0.717, 1.165) is 6.42 Å². The molecule has 0 aliphatic rings. The normalized spacial score (nSPS) is 10.8. The van der Waals surface area contributed by atoms with E-state index in [9.17, 15) is 5.26 Å². The molecule has 0 saturated heterocycles. The minimum Gasteiger partial charge on any atom is -0.396 e. The highest BCUT2D eigenvalue weighted by atomic mass is 16.2. The number of nitrogens with zero attached hydrogens (tertiary/aromatic N) is 9. The average molecular weight is 422 g/mol. The Bertz CT molecular complexity index is 1070. The van der Waals surface area contributed by atoms with Gasteiger partial charge in [0.2, 0.25) is 11.8 Å². The molecule has 3 rings (SSSR count). The lowest BCUT2D eigenvalue weighted by Crippen LogP contribution is -2.09. The van der Waals surface area contributed by atoms with Gasteiger partial charge in [-0.05, 0) is 18.9 Å². The number of unbranched alkanes of at least 4 members (excludes halogenated alkanes) is 1. The van der Waals surface area contributed by atoms with Crippen LogP contribution in [0.25, 0.3) is 5.95 Å². The molecule has 0 saturated carbocycles. The van der Waals surface area contributed by atoms with Crippen LogP contribution in [0, 0.1) is 11.3 Å². The SMILES string of the molecule is CNc1nc(NC)c(N=Nc2nn(-c3ncccn3)cc2C#N)c(NCCCCO)n1. The summed E-state index contributed by atoms with van der Waals surface area (Å²) in [6.07, 6.45) is 6.05. The number of nitriles is 1. The molecule has 0 aromatic carbocycles. The van der Waals surface area contributed by atoms with Gasteiger partial charge in [-0.15, -0.1) is 15.3 Å². The van der Waals surface area contributed by atoms with Crippen molar-refractivity contribution in [3.05, 3.63) is 30.2 Å². The second-order valence-electron chi connectivity index (χ2n) is 6.12. The van der Waals surface area contributed by atoms with Crippen LogP contribution in [0.2, 0.25) is 0 Å². The van der Waals surface area contributed by atoms with E-state index in [0.29, 0.717) is 42.2 Å². The van der Waals surface area contributed by atoms with Gasteiger partial charge in [0.05, 0.1) is 6.20 Å². The van der Waals surface area contributed by atoms with Gasteiger partial charge in [0, 0.05) is 39.6 Å². The molecule has 3 aromatic rings. The largest absolute Gasteiger partial charge is 0.396 e. The van der Waals surface area contributed by atoms with Gasteiger partial charge in [-0.2, -0.15) is 15.2 Å². The van der Waals surface area contributed by atoms with Gasteiger partial charge in [0.25, 0.3) is 5.95 Å². The molecule has 0 spiro atoms. The first-order chi connectivity index (χ1) is 15.2. The summed E-state index contributed by atoms with van der Waals surface area (Å²) in [7, 11) is 3.42. The summed E-state index contributed by atoms with van der Waals surface area (Å²) in [5.41, 5.74) is 0.576. The lowest BCUT2D eigenvalue weighted by atomic mass is 10.3. The summed E-state index contributed by atoms with van der Waals surface area (Å²) in [5, 5.41) is 40.2. The molecular formula is C18H22N12O. The van der Waals surface area contributed by atoms with Crippen LogP contribution in [0.3, 0.4) is 0 Å². The Hall–Kier alpha value is -4.18. The van der Waals surface area contributed by atoms with Gasteiger partial charge in [0.15, 0.2) is 17.3 Å². The molecule has 13 nitrogen and oxygen atoms in total. The van der Waals surface area contributed by atoms with E-state index in [-0.39, 0.29) is 18.0 Å². The van der Waals surface area contributed by atoms with Crippen molar-refractivity contribution in [2.75, 3.05) is 43.2 Å². The second-order valence-corrected chi connectivity index (χ2v) is 6.12. The van der Waals surface area contributed by atoms with Gasteiger partial charge < -0.3 is 21.1 Å². The van der Waals surface area contributed by atoms with Crippen molar-refractivity contribution in [2.24, 2.45) is 10.2 Å². The number of aromatic nitrogens is 6. The maximum Gasteiger partial charge on any atom is 0.250 e. The number of anilines is 3. The Labute approximate surface area is 178 Å². The fourth-order valence-corrected chi connectivity index (χ4v) is 2.53. The highest BCUT2D eigenvalue weighted by Gasteiger charge is 2.15. The van der Waals surface area contributed by atoms with E-state index in [1.165, 1.54) is 10.9 Å².